The molecule has 0 bridgehead atoms. The van der Waals surface area contributed by atoms with Gasteiger partial charge in [-0.2, -0.15) is 13.2 Å². The standard InChI is InChI=1S/C21H25F3N6O/c1-19(2,3)18-25-16(29-10-9-20(4,31)12-29)15-17(26-18)30(28-27-15)11-13-7-5-6-8-14(13)21(22,23)24/h5-8,31H,9-12H2,1-4H3/t20-/m0/s1. The molecule has 0 amide bonds. The lowest BCUT2D eigenvalue weighted by Gasteiger charge is -2.23. The average Bonchev–Trinajstić information content (AvgIpc) is 3.23. The zero-order chi connectivity index (χ0) is 22.6. The Balaban J connectivity index is 1.83. The quantitative estimate of drug-likeness (QED) is 0.679. The second kappa shape index (κ2) is 7.15. The summed E-state index contributed by atoms with van der Waals surface area (Å²) in [4.78, 5) is 11.3. The molecule has 0 unspecified atom stereocenters. The molecule has 3 heterocycles. The van der Waals surface area contributed by atoms with Crippen LogP contribution in [0.15, 0.2) is 24.3 Å². The number of halogens is 3. The minimum atomic E-state index is -4.47. The van der Waals surface area contributed by atoms with Crippen LogP contribution in [0.4, 0.5) is 19.0 Å². The summed E-state index contributed by atoms with van der Waals surface area (Å²) in [6, 6.07) is 5.42. The SMILES string of the molecule is CC(C)(C)c1nc(N2CC[C@](C)(O)C2)c2nnn(Cc3ccccc3C(F)(F)F)c2n1. The summed E-state index contributed by atoms with van der Waals surface area (Å²) in [6.07, 6.45) is -3.89. The number of hydrogen-bond acceptors (Lipinski definition) is 6. The summed E-state index contributed by atoms with van der Waals surface area (Å²) < 4.78 is 41.7. The molecule has 0 aliphatic carbocycles. The first-order valence-electron chi connectivity index (χ1n) is 10.1. The molecule has 0 saturated carbocycles. The van der Waals surface area contributed by atoms with Gasteiger partial charge in [0.2, 0.25) is 0 Å². The first kappa shape index (κ1) is 21.5. The molecule has 4 rings (SSSR count). The number of rotatable bonds is 3. The molecule has 10 heteroatoms. The van der Waals surface area contributed by atoms with E-state index in [0.29, 0.717) is 42.3 Å². The molecule has 1 aliphatic rings. The summed E-state index contributed by atoms with van der Waals surface area (Å²) in [5.74, 6) is 1.08. The Morgan fingerprint density at radius 3 is 2.45 bits per heavy atom. The number of aromatic nitrogens is 5. The van der Waals surface area contributed by atoms with Gasteiger partial charge in [0.25, 0.3) is 0 Å². The first-order valence-corrected chi connectivity index (χ1v) is 10.1. The van der Waals surface area contributed by atoms with Gasteiger partial charge in [0, 0.05) is 18.5 Å². The number of benzene rings is 1. The molecule has 7 nitrogen and oxygen atoms in total. The van der Waals surface area contributed by atoms with Crippen LogP contribution in [-0.2, 0) is 18.1 Å². The molecule has 1 atom stereocenters. The fourth-order valence-electron chi connectivity index (χ4n) is 3.73. The average molecular weight is 434 g/mol. The summed E-state index contributed by atoms with van der Waals surface area (Å²) in [7, 11) is 0. The van der Waals surface area contributed by atoms with Crippen LogP contribution in [0.25, 0.3) is 11.2 Å². The monoisotopic (exact) mass is 434 g/mol. The fraction of sp³-hybridized carbons (Fsp3) is 0.524. The lowest BCUT2D eigenvalue weighted by Crippen LogP contribution is -2.31. The van der Waals surface area contributed by atoms with Crippen LogP contribution < -0.4 is 4.90 Å². The zero-order valence-electron chi connectivity index (χ0n) is 17.9. The molecule has 1 N–H and O–H groups in total. The predicted octanol–water partition coefficient (Wildman–Crippen LogP) is 3.55. The smallest absolute Gasteiger partial charge is 0.388 e. The second-order valence-electron chi connectivity index (χ2n) is 9.36. The third-order valence-corrected chi connectivity index (χ3v) is 5.41. The lowest BCUT2D eigenvalue weighted by molar-refractivity contribution is -0.138. The van der Waals surface area contributed by atoms with Crippen molar-refractivity contribution in [2.24, 2.45) is 0 Å². The fourth-order valence-corrected chi connectivity index (χ4v) is 3.73. The Hall–Kier alpha value is -2.75. The highest BCUT2D eigenvalue weighted by atomic mass is 19.4. The number of hydrogen-bond donors (Lipinski definition) is 1. The molecule has 1 saturated heterocycles. The third kappa shape index (κ3) is 4.21. The van der Waals surface area contributed by atoms with E-state index in [2.05, 4.69) is 15.3 Å². The maximum atomic E-state index is 13.5. The van der Waals surface area contributed by atoms with Crippen molar-refractivity contribution < 1.29 is 18.3 Å². The minimum Gasteiger partial charge on any atom is -0.388 e. The van der Waals surface area contributed by atoms with Gasteiger partial charge in [-0.25, -0.2) is 14.6 Å². The van der Waals surface area contributed by atoms with Gasteiger partial charge in [-0.3, -0.25) is 0 Å². The van der Waals surface area contributed by atoms with Crippen molar-refractivity contribution in [2.75, 3.05) is 18.0 Å². The number of anilines is 1. The number of alkyl halides is 3. The maximum Gasteiger partial charge on any atom is 0.416 e. The Morgan fingerprint density at radius 1 is 1.13 bits per heavy atom. The summed E-state index contributed by atoms with van der Waals surface area (Å²) in [5.41, 5.74) is -1.08. The van der Waals surface area contributed by atoms with E-state index in [-0.39, 0.29) is 12.1 Å². The van der Waals surface area contributed by atoms with E-state index >= 15 is 0 Å². The van der Waals surface area contributed by atoms with E-state index < -0.39 is 22.8 Å². The van der Waals surface area contributed by atoms with E-state index in [9.17, 15) is 18.3 Å². The van der Waals surface area contributed by atoms with E-state index in [4.69, 9.17) is 4.98 Å². The largest absolute Gasteiger partial charge is 0.416 e. The molecule has 1 fully saturated rings. The molecule has 3 aromatic rings. The first-order chi connectivity index (χ1) is 14.4. The van der Waals surface area contributed by atoms with Crippen LogP contribution in [0.5, 0.6) is 0 Å². The molecule has 0 spiro atoms. The van der Waals surface area contributed by atoms with Gasteiger partial charge in [0.1, 0.15) is 5.82 Å². The maximum absolute atomic E-state index is 13.5. The Labute approximate surface area is 177 Å². The van der Waals surface area contributed by atoms with Gasteiger partial charge in [-0.15, -0.1) is 5.10 Å². The number of nitrogens with zero attached hydrogens (tertiary/aromatic N) is 6. The second-order valence-corrected chi connectivity index (χ2v) is 9.36. The third-order valence-electron chi connectivity index (χ3n) is 5.41. The molecule has 1 aliphatic heterocycles. The van der Waals surface area contributed by atoms with E-state index in [1.54, 1.807) is 13.0 Å². The number of β-amino-alcohol motifs (C(OH)–C–C–N with tert-alkyl or cyclic N) is 1. The zero-order valence-corrected chi connectivity index (χ0v) is 17.9. The summed E-state index contributed by atoms with van der Waals surface area (Å²) in [5, 5.41) is 18.7. The highest BCUT2D eigenvalue weighted by Crippen LogP contribution is 2.34. The molecule has 2 aromatic heterocycles. The summed E-state index contributed by atoms with van der Waals surface area (Å²) in [6.45, 7) is 8.51. The Bertz CT molecular complexity index is 1120. The number of fused-ring (bicyclic) bond motifs is 1. The predicted molar refractivity (Wildman–Crippen MR) is 110 cm³/mol. The minimum absolute atomic E-state index is 0.0865. The molecule has 1 aromatic carbocycles. The van der Waals surface area contributed by atoms with E-state index in [0.717, 1.165) is 6.07 Å². The van der Waals surface area contributed by atoms with Crippen molar-refractivity contribution in [2.45, 2.75) is 57.9 Å². The van der Waals surface area contributed by atoms with Gasteiger partial charge in [0.15, 0.2) is 17.0 Å². The number of aliphatic hydroxyl groups is 1. The van der Waals surface area contributed by atoms with Crippen molar-refractivity contribution in [1.29, 1.82) is 0 Å². The highest BCUT2D eigenvalue weighted by molar-refractivity contribution is 5.83. The highest BCUT2D eigenvalue weighted by Gasteiger charge is 2.36. The van der Waals surface area contributed by atoms with Gasteiger partial charge in [0.05, 0.1) is 17.7 Å². The molecular formula is C21H25F3N6O. The molecular weight excluding hydrogens is 409 g/mol. The van der Waals surface area contributed by atoms with Crippen LogP contribution >= 0.6 is 0 Å². The van der Waals surface area contributed by atoms with Gasteiger partial charge in [-0.05, 0) is 25.0 Å². The van der Waals surface area contributed by atoms with Crippen molar-refractivity contribution in [3.05, 3.63) is 41.2 Å². The normalized spacial score (nSPS) is 20.1. The summed E-state index contributed by atoms with van der Waals surface area (Å²) >= 11 is 0. The van der Waals surface area contributed by atoms with E-state index in [1.165, 1.54) is 16.8 Å². The topological polar surface area (TPSA) is 80.0 Å². The van der Waals surface area contributed by atoms with Crippen LogP contribution in [0, 0.1) is 0 Å². The Morgan fingerprint density at radius 2 is 1.84 bits per heavy atom. The Kier molecular flexibility index (Phi) is 4.95. The van der Waals surface area contributed by atoms with Gasteiger partial charge in [-0.1, -0.05) is 44.2 Å². The van der Waals surface area contributed by atoms with Crippen molar-refractivity contribution in [1.82, 2.24) is 25.0 Å². The van der Waals surface area contributed by atoms with Crippen LogP contribution in [-0.4, -0.2) is 48.8 Å². The molecule has 31 heavy (non-hydrogen) atoms. The van der Waals surface area contributed by atoms with E-state index in [1.807, 2.05) is 25.7 Å². The molecule has 166 valence electrons. The van der Waals surface area contributed by atoms with Crippen LogP contribution in [0.3, 0.4) is 0 Å². The van der Waals surface area contributed by atoms with Gasteiger partial charge >= 0.3 is 6.18 Å². The van der Waals surface area contributed by atoms with Crippen LogP contribution in [0.1, 0.15) is 51.1 Å². The van der Waals surface area contributed by atoms with Gasteiger partial charge < -0.3 is 10.0 Å². The van der Waals surface area contributed by atoms with Crippen LogP contribution in [0.2, 0.25) is 0 Å². The van der Waals surface area contributed by atoms with Crippen molar-refractivity contribution in [3.63, 3.8) is 0 Å². The molecule has 0 radical (unpaired) electrons. The van der Waals surface area contributed by atoms with Crippen molar-refractivity contribution >= 4 is 17.0 Å². The van der Waals surface area contributed by atoms with Crippen molar-refractivity contribution in [3.8, 4) is 0 Å². The lowest BCUT2D eigenvalue weighted by atomic mass is 9.96.